The summed E-state index contributed by atoms with van der Waals surface area (Å²) in [5.41, 5.74) is 1.40. The standard InChI is InChI=1S/C21H25N3O5/c25-18(10-12-24-19(26)14-6-1-2-7-15(14)20(24)27)29-13-5-11-23-17-9-4-3-8-16(17)22-21(23)28/h3-4,8-9,14-15H,1-2,5-7,10-13H2,(H,22,28)/t14-,15+. The van der Waals surface area contributed by atoms with E-state index in [1.54, 1.807) is 4.57 Å². The number of carbonyl (C=O) groups is 3. The molecule has 0 bridgehead atoms. The van der Waals surface area contributed by atoms with E-state index >= 15 is 0 Å². The third-order valence-corrected chi connectivity index (χ3v) is 5.94. The Bertz CT molecular complexity index is 968. The van der Waals surface area contributed by atoms with Crippen LogP contribution in [0.15, 0.2) is 29.1 Å². The summed E-state index contributed by atoms with van der Waals surface area (Å²) >= 11 is 0. The van der Waals surface area contributed by atoms with Crippen LogP contribution in [-0.2, 0) is 25.7 Å². The molecule has 2 heterocycles. The predicted molar refractivity (Wildman–Crippen MR) is 105 cm³/mol. The Morgan fingerprint density at radius 1 is 1.03 bits per heavy atom. The van der Waals surface area contributed by atoms with Gasteiger partial charge in [0, 0.05) is 13.1 Å². The highest BCUT2D eigenvalue weighted by atomic mass is 16.5. The lowest BCUT2D eigenvalue weighted by Gasteiger charge is -2.19. The summed E-state index contributed by atoms with van der Waals surface area (Å²) in [7, 11) is 0. The molecule has 8 nitrogen and oxygen atoms in total. The number of aryl methyl sites for hydroxylation is 1. The Morgan fingerprint density at radius 2 is 1.72 bits per heavy atom. The third-order valence-electron chi connectivity index (χ3n) is 5.94. The highest BCUT2D eigenvalue weighted by molar-refractivity contribution is 6.05. The smallest absolute Gasteiger partial charge is 0.326 e. The van der Waals surface area contributed by atoms with Crippen LogP contribution in [0.2, 0.25) is 0 Å². The molecule has 0 unspecified atom stereocenters. The second-order valence-electron chi connectivity index (χ2n) is 7.75. The highest BCUT2D eigenvalue weighted by Crippen LogP contribution is 2.37. The summed E-state index contributed by atoms with van der Waals surface area (Å²) in [6.07, 6.45) is 4.00. The molecule has 29 heavy (non-hydrogen) atoms. The fourth-order valence-corrected chi connectivity index (χ4v) is 4.46. The number of hydrogen-bond donors (Lipinski definition) is 1. The molecule has 1 saturated heterocycles. The molecule has 2 atom stereocenters. The summed E-state index contributed by atoms with van der Waals surface area (Å²) in [6.45, 7) is 0.700. The SMILES string of the molecule is O=C(CCN1C(=O)[C@H]2CCCC[C@H]2C1=O)OCCCn1c(=O)[nH]c2ccccc21. The van der Waals surface area contributed by atoms with E-state index in [-0.39, 0.29) is 48.9 Å². The van der Waals surface area contributed by atoms with E-state index in [2.05, 4.69) is 4.98 Å². The van der Waals surface area contributed by atoms with E-state index in [9.17, 15) is 19.2 Å². The number of imidazole rings is 1. The van der Waals surface area contributed by atoms with Crippen LogP contribution in [0.1, 0.15) is 38.5 Å². The Kier molecular flexibility index (Phi) is 5.51. The molecule has 1 N–H and O–H groups in total. The number of nitrogens with zero attached hydrogens (tertiary/aromatic N) is 2. The Balaban J connectivity index is 1.22. The van der Waals surface area contributed by atoms with Gasteiger partial charge in [-0.3, -0.25) is 23.9 Å². The fraction of sp³-hybridized carbons (Fsp3) is 0.524. The zero-order chi connectivity index (χ0) is 20.4. The van der Waals surface area contributed by atoms with Crippen LogP contribution in [0.4, 0.5) is 0 Å². The third kappa shape index (κ3) is 3.83. The van der Waals surface area contributed by atoms with Crippen molar-refractivity contribution in [3.63, 3.8) is 0 Å². The van der Waals surface area contributed by atoms with Gasteiger partial charge in [-0.15, -0.1) is 0 Å². The number of carbonyl (C=O) groups excluding carboxylic acids is 3. The van der Waals surface area contributed by atoms with E-state index in [1.807, 2.05) is 24.3 Å². The lowest BCUT2D eigenvalue weighted by Crippen LogP contribution is -2.33. The maximum absolute atomic E-state index is 12.4. The zero-order valence-corrected chi connectivity index (χ0v) is 16.3. The van der Waals surface area contributed by atoms with Gasteiger partial charge in [0.1, 0.15) is 0 Å². The average Bonchev–Trinajstić information content (AvgIpc) is 3.17. The number of nitrogens with one attached hydrogen (secondary N) is 1. The number of benzene rings is 1. The van der Waals surface area contributed by atoms with Gasteiger partial charge in [0.2, 0.25) is 11.8 Å². The van der Waals surface area contributed by atoms with Gasteiger partial charge in [0.05, 0.1) is 35.9 Å². The van der Waals surface area contributed by atoms with Crippen LogP contribution in [0.25, 0.3) is 11.0 Å². The second-order valence-corrected chi connectivity index (χ2v) is 7.75. The normalized spacial score (nSPS) is 21.6. The molecule has 2 fully saturated rings. The number of aromatic nitrogens is 2. The predicted octanol–water partition coefficient (Wildman–Crippen LogP) is 1.83. The number of amides is 2. The molecule has 1 aliphatic heterocycles. The first-order chi connectivity index (χ1) is 14.1. The van der Waals surface area contributed by atoms with Crippen LogP contribution in [-0.4, -0.2) is 45.4 Å². The van der Waals surface area contributed by atoms with Gasteiger partial charge in [-0.2, -0.15) is 0 Å². The molecule has 1 saturated carbocycles. The summed E-state index contributed by atoms with van der Waals surface area (Å²) < 4.78 is 6.84. The maximum Gasteiger partial charge on any atom is 0.326 e. The maximum atomic E-state index is 12.4. The van der Waals surface area contributed by atoms with Crippen molar-refractivity contribution in [3.05, 3.63) is 34.7 Å². The average molecular weight is 399 g/mol. The number of imide groups is 1. The Morgan fingerprint density at radius 3 is 2.45 bits per heavy atom. The van der Waals surface area contributed by atoms with E-state index in [4.69, 9.17) is 4.74 Å². The second kappa shape index (κ2) is 8.23. The van der Waals surface area contributed by atoms with Crippen LogP contribution in [0.5, 0.6) is 0 Å². The minimum Gasteiger partial charge on any atom is -0.466 e. The lowest BCUT2D eigenvalue weighted by atomic mass is 9.81. The van der Waals surface area contributed by atoms with Crippen LogP contribution < -0.4 is 5.69 Å². The number of rotatable bonds is 7. The summed E-state index contributed by atoms with van der Waals surface area (Å²) in [4.78, 5) is 52.9. The molecule has 1 aromatic heterocycles. The van der Waals surface area contributed by atoms with Crippen molar-refractivity contribution in [1.82, 2.24) is 14.5 Å². The molecular formula is C21H25N3O5. The first-order valence-corrected chi connectivity index (χ1v) is 10.2. The number of ether oxygens (including phenoxy) is 1. The molecule has 4 rings (SSSR count). The van der Waals surface area contributed by atoms with Crippen LogP contribution >= 0.6 is 0 Å². The van der Waals surface area contributed by atoms with Gasteiger partial charge in [-0.05, 0) is 31.4 Å². The minimum absolute atomic E-state index is 0.00392. The van der Waals surface area contributed by atoms with E-state index in [1.165, 1.54) is 4.90 Å². The van der Waals surface area contributed by atoms with Gasteiger partial charge in [0.25, 0.3) is 0 Å². The number of likely N-dealkylation sites (tertiary alicyclic amines) is 1. The van der Waals surface area contributed by atoms with Gasteiger partial charge in [0.15, 0.2) is 0 Å². The van der Waals surface area contributed by atoms with Gasteiger partial charge < -0.3 is 9.72 Å². The molecule has 1 aromatic carbocycles. The summed E-state index contributed by atoms with van der Waals surface area (Å²) in [5.74, 6) is -1.09. The van der Waals surface area contributed by atoms with E-state index in [0.29, 0.717) is 13.0 Å². The molecule has 2 aromatic rings. The van der Waals surface area contributed by atoms with Gasteiger partial charge in [-0.1, -0.05) is 25.0 Å². The molecule has 154 valence electrons. The van der Waals surface area contributed by atoms with Crippen molar-refractivity contribution in [2.45, 2.75) is 45.1 Å². The van der Waals surface area contributed by atoms with Crippen molar-refractivity contribution in [3.8, 4) is 0 Å². The number of hydrogen-bond acceptors (Lipinski definition) is 5. The molecule has 0 spiro atoms. The highest BCUT2D eigenvalue weighted by Gasteiger charge is 2.47. The number of esters is 1. The molecule has 2 aliphatic rings. The fourth-order valence-electron chi connectivity index (χ4n) is 4.46. The monoisotopic (exact) mass is 399 g/mol. The van der Waals surface area contributed by atoms with Crippen molar-refractivity contribution in [2.24, 2.45) is 11.8 Å². The van der Waals surface area contributed by atoms with E-state index < -0.39 is 5.97 Å². The molecule has 2 amide bonds. The van der Waals surface area contributed by atoms with Gasteiger partial charge >= 0.3 is 11.7 Å². The molecular weight excluding hydrogens is 374 g/mol. The topological polar surface area (TPSA) is 101 Å². The molecule has 8 heteroatoms. The van der Waals surface area contributed by atoms with Crippen LogP contribution in [0, 0.1) is 11.8 Å². The van der Waals surface area contributed by atoms with Crippen LogP contribution in [0.3, 0.4) is 0 Å². The first-order valence-electron chi connectivity index (χ1n) is 10.2. The lowest BCUT2D eigenvalue weighted by molar-refractivity contribution is -0.145. The van der Waals surface area contributed by atoms with Crippen molar-refractivity contribution in [2.75, 3.05) is 13.2 Å². The van der Waals surface area contributed by atoms with Gasteiger partial charge in [-0.25, -0.2) is 4.79 Å². The van der Waals surface area contributed by atoms with E-state index in [0.717, 1.165) is 36.7 Å². The number of aromatic amines is 1. The number of H-pyrrole nitrogens is 1. The molecule has 1 aliphatic carbocycles. The van der Waals surface area contributed by atoms with Crippen molar-refractivity contribution < 1.29 is 19.1 Å². The van der Waals surface area contributed by atoms with Crippen molar-refractivity contribution in [1.29, 1.82) is 0 Å². The molecule has 0 radical (unpaired) electrons. The largest absolute Gasteiger partial charge is 0.466 e. The first kappa shape index (κ1) is 19.4. The Hall–Kier alpha value is -2.90. The quantitative estimate of drug-likeness (QED) is 0.435. The summed E-state index contributed by atoms with van der Waals surface area (Å²) in [5, 5.41) is 0. The Labute approximate surface area is 167 Å². The minimum atomic E-state index is -0.438. The summed E-state index contributed by atoms with van der Waals surface area (Å²) in [6, 6.07) is 7.42. The van der Waals surface area contributed by atoms with Crippen molar-refractivity contribution >= 4 is 28.8 Å². The number of fused-ring (bicyclic) bond motifs is 2. The zero-order valence-electron chi connectivity index (χ0n) is 16.3. The number of para-hydroxylation sites is 2.